The van der Waals surface area contributed by atoms with Gasteiger partial charge in [-0.2, -0.15) is 4.31 Å². The Kier molecular flexibility index (Phi) is 5.66. The molecular weight excluding hydrogens is 308 g/mol. The molecule has 2 rings (SSSR count). The molecule has 1 aromatic carbocycles. The van der Waals surface area contributed by atoms with Crippen molar-refractivity contribution in [3.8, 4) is 0 Å². The third-order valence-corrected chi connectivity index (χ3v) is 6.17. The summed E-state index contributed by atoms with van der Waals surface area (Å²) in [5, 5.41) is 3.70. The molecule has 0 aliphatic carbocycles. The zero-order chi connectivity index (χ0) is 15.5. The Morgan fingerprint density at radius 3 is 2.52 bits per heavy atom. The molecule has 0 radical (unpaired) electrons. The van der Waals surface area contributed by atoms with Gasteiger partial charge in [0.25, 0.3) is 0 Å². The lowest BCUT2D eigenvalue weighted by atomic mass is 10.1. The van der Waals surface area contributed by atoms with Crippen molar-refractivity contribution in [1.29, 1.82) is 0 Å². The number of rotatable bonds is 5. The monoisotopic (exact) mass is 330 g/mol. The standard InChI is InChI=1S/C15H23ClN2O2S/c1-3-17-11-13-9-14(16)10-15(12(13)2)21(19,20)18-7-5-4-6-8-18/h9-10,17H,3-8,11H2,1-2H3. The molecule has 0 atom stereocenters. The van der Waals surface area contributed by atoms with E-state index in [0.29, 0.717) is 29.6 Å². The van der Waals surface area contributed by atoms with Gasteiger partial charge < -0.3 is 5.32 Å². The first-order valence-corrected chi connectivity index (χ1v) is 9.28. The predicted molar refractivity (Wildman–Crippen MR) is 86.2 cm³/mol. The minimum absolute atomic E-state index is 0.352. The third kappa shape index (κ3) is 3.77. The van der Waals surface area contributed by atoms with Crippen molar-refractivity contribution in [1.82, 2.24) is 9.62 Å². The summed E-state index contributed by atoms with van der Waals surface area (Å²) in [6.07, 6.45) is 2.97. The zero-order valence-electron chi connectivity index (χ0n) is 12.7. The Bertz CT molecular complexity index is 596. The van der Waals surface area contributed by atoms with Crippen molar-refractivity contribution >= 4 is 21.6 Å². The summed E-state index contributed by atoms with van der Waals surface area (Å²) >= 11 is 6.14. The fraction of sp³-hybridized carbons (Fsp3) is 0.600. The van der Waals surface area contributed by atoms with E-state index in [-0.39, 0.29) is 0 Å². The van der Waals surface area contributed by atoms with Crippen LogP contribution in [0.25, 0.3) is 0 Å². The molecule has 1 fully saturated rings. The fourth-order valence-corrected chi connectivity index (χ4v) is 4.78. The maximum atomic E-state index is 12.8. The lowest BCUT2D eigenvalue weighted by Gasteiger charge is -2.27. The average molecular weight is 331 g/mol. The highest BCUT2D eigenvalue weighted by Gasteiger charge is 2.28. The summed E-state index contributed by atoms with van der Waals surface area (Å²) in [6, 6.07) is 3.42. The van der Waals surface area contributed by atoms with Gasteiger partial charge in [0.15, 0.2) is 0 Å². The number of piperidine rings is 1. The first-order chi connectivity index (χ1) is 9.96. The number of hydrogen-bond donors (Lipinski definition) is 1. The second-order valence-electron chi connectivity index (χ2n) is 5.43. The summed E-state index contributed by atoms with van der Waals surface area (Å²) in [5.74, 6) is 0. The minimum Gasteiger partial charge on any atom is -0.313 e. The highest BCUT2D eigenvalue weighted by atomic mass is 35.5. The van der Waals surface area contributed by atoms with E-state index in [2.05, 4.69) is 5.32 Å². The van der Waals surface area contributed by atoms with Crippen molar-refractivity contribution < 1.29 is 8.42 Å². The molecule has 118 valence electrons. The second kappa shape index (κ2) is 7.09. The molecule has 0 spiro atoms. The topological polar surface area (TPSA) is 49.4 Å². The first kappa shape index (κ1) is 16.7. The molecule has 1 saturated heterocycles. The van der Waals surface area contributed by atoms with Crippen LogP contribution in [0.4, 0.5) is 0 Å². The van der Waals surface area contributed by atoms with Crippen molar-refractivity contribution in [2.45, 2.75) is 44.6 Å². The van der Waals surface area contributed by atoms with Gasteiger partial charge in [-0.1, -0.05) is 24.9 Å². The van der Waals surface area contributed by atoms with Gasteiger partial charge in [0, 0.05) is 24.7 Å². The molecule has 21 heavy (non-hydrogen) atoms. The van der Waals surface area contributed by atoms with E-state index < -0.39 is 10.0 Å². The van der Waals surface area contributed by atoms with Crippen molar-refractivity contribution in [3.63, 3.8) is 0 Å². The molecule has 0 saturated carbocycles. The molecule has 0 aromatic heterocycles. The summed E-state index contributed by atoms with van der Waals surface area (Å²) < 4.78 is 27.3. The summed E-state index contributed by atoms with van der Waals surface area (Å²) in [6.45, 7) is 6.56. The molecule has 0 unspecified atom stereocenters. The van der Waals surface area contributed by atoms with Crippen molar-refractivity contribution in [2.24, 2.45) is 0 Å². The Balaban J connectivity index is 2.39. The van der Waals surface area contributed by atoms with Crippen LogP contribution in [-0.2, 0) is 16.6 Å². The number of nitrogens with one attached hydrogen (secondary N) is 1. The van der Waals surface area contributed by atoms with Gasteiger partial charge in [-0.15, -0.1) is 0 Å². The van der Waals surface area contributed by atoms with Gasteiger partial charge in [0.1, 0.15) is 0 Å². The quantitative estimate of drug-likeness (QED) is 0.903. The van der Waals surface area contributed by atoms with Crippen molar-refractivity contribution in [3.05, 3.63) is 28.3 Å². The van der Waals surface area contributed by atoms with E-state index in [1.54, 1.807) is 10.4 Å². The number of nitrogens with zero attached hydrogens (tertiary/aromatic N) is 1. The van der Waals surface area contributed by atoms with Gasteiger partial charge in [0.2, 0.25) is 10.0 Å². The summed E-state index contributed by atoms with van der Waals surface area (Å²) in [5.41, 5.74) is 1.74. The molecular formula is C15H23ClN2O2S. The van der Waals surface area contributed by atoms with Crippen LogP contribution in [0.1, 0.15) is 37.3 Å². The van der Waals surface area contributed by atoms with Gasteiger partial charge in [-0.05, 0) is 49.6 Å². The Labute approximate surface area is 132 Å². The third-order valence-electron chi connectivity index (χ3n) is 3.93. The van der Waals surface area contributed by atoms with E-state index in [4.69, 9.17) is 11.6 Å². The van der Waals surface area contributed by atoms with E-state index in [9.17, 15) is 8.42 Å². The van der Waals surface area contributed by atoms with Gasteiger partial charge >= 0.3 is 0 Å². The van der Waals surface area contributed by atoms with Crippen LogP contribution in [-0.4, -0.2) is 32.4 Å². The van der Waals surface area contributed by atoms with Crippen LogP contribution in [0.15, 0.2) is 17.0 Å². The molecule has 1 aliphatic rings. The molecule has 4 nitrogen and oxygen atoms in total. The number of benzene rings is 1. The second-order valence-corrected chi connectivity index (χ2v) is 7.78. The maximum Gasteiger partial charge on any atom is 0.243 e. The average Bonchev–Trinajstić information content (AvgIpc) is 2.48. The fourth-order valence-electron chi connectivity index (χ4n) is 2.66. The summed E-state index contributed by atoms with van der Waals surface area (Å²) in [4.78, 5) is 0.352. The summed E-state index contributed by atoms with van der Waals surface area (Å²) in [7, 11) is -3.44. The van der Waals surface area contributed by atoms with Crippen LogP contribution in [0.2, 0.25) is 5.02 Å². The largest absolute Gasteiger partial charge is 0.313 e. The molecule has 1 heterocycles. The normalized spacial score (nSPS) is 17.1. The van der Waals surface area contributed by atoms with Gasteiger partial charge in [-0.3, -0.25) is 0 Å². The van der Waals surface area contributed by atoms with Gasteiger partial charge in [0.05, 0.1) is 4.90 Å². The SMILES string of the molecule is CCNCc1cc(Cl)cc(S(=O)(=O)N2CCCCC2)c1C. The van der Waals surface area contributed by atoms with E-state index in [1.165, 1.54) is 0 Å². The zero-order valence-corrected chi connectivity index (χ0v) is 14.2. The van der Waals surface area contributed by atoms with E-state index >= 15 is 0 Å². The molecule has 1 aromatic rings. The van der Waals surface area contributed by atoms with Crippen LogP contribution in [0.5, 0.6) is 0 Å². The Morgan fingerprint density at radius 2 is 1.90 bits per heavy atom. The van der Waals surface area contributed by atoms with Crippen LogP contribution in [0.3, 0.4) is 0 Å². The van der Waals surface area contributed by atoms with Crippen LogP contribution in [0, 0.1) is 6.92 Å². The molecule has 1 N–H and O–H groups in total. The number of halogens is 1. The van der Waals surface area contributed by atoms with E-state index in [1.807, 2.05) is 19.9 Å². The number of hydrogen-bond acceptors (Lipinski definition) is 3. The Morgan fingerprint density at radius 1 is 1.24 bits per heavy atom. The Hall–Kier alpha value is -0.620. The van der Waals surface area contributed by atoms with Crippen LogP contribution < -0.4 is 5.32 Å². The number of sulfonamides is 1. The molecule has 1 aliphatic heterocycles. The lowest BCUT2D eigenvalue weighted by molar-refractivity contribution is 0.346. The lowest BCUT2D eigenvalue weighted by Crippen LogP contribution is -2.36. The highest BCUT2D eigenvalue weighted by Crippen LogP contribution is 2.28. The van der Waals surface area contributed by atoms with Crippen LogP contribution >= 0.6 is 11.6 Å². The first-order valence-electron chi connectivity index (χ1n) is 7.46. The predicted octanol–water partition coefficient (Wildman–Crippen LogP) is 2.93. The smallest absolute Gasteiger partial charge is 0.243 e. The van der Waals surface area contributed by atoms with Crippen molar-refractivity contribution in [2.75, 3.05) is 19.6 Å². The highest BCUT2D eigenvalue weighted by molar-refractivity contribution is 7.89. The van der Waals surface area contributed by atoms with E-state index in [0.717, 1.165) is 36.9 Å². The molecule has 0 bridgehead atoms. The van der Waals surface area contributed by atoms with Gasteiger partial charge in [-0.25, -0.2) is 8.42 Å². The minimum atomic E-state index is -3.44. The molecule has 0 amide bonds. The molecule has 6 heteroatoms. The maximum absolute atomic E-state index is 12.8.